The zero-order valence-corrected chi connectivity index (χ0v) is 21.4. The second kappa shape index (κ2) is 8.62. The average Bonchev–Trinajstić information content (AvgIpc) is 3.51. The molecule has 196 valence electrons. The summed E-state index contributed by atoms with van der Waals surface area (Å²) < 4.78 is 0. The molecule has 2 heterocycles. The van der Waals surface area contributed by atoms with E-state index in [2.05, 4.69) is 6.58 Å². The first-order valence-electron chi connectivity index (χ1n) is 12.8. The van der Waals surface area contributed by atoms with Crippen molar-refractivity contribution in [2.45, 2.75) is 29.8 Å². The van der Waals surface area contributed by atoms with Gasteiger partial charge in [0.15, 0.2) is 10.8 Å². The fraction of sp³-hybridized carbons (Fsp3) is 0.226. The molecule has 0 bridgehead atoms. The first-order valence-corrected chi connectivity index (χ1v) is 12.8. The fourth-order valence-electron chi connectivity index (χ4n) is 7.34. The predicted octanol–water partition coefficient (Wildman–Crippen LogP) is 4.02. The Kier molecular flexibility index (Phi) is 5.39. The molecule has 0 N–H and O–H groups in total. The SMILES string of the molecule is C=CCN1C(=O)C2(c3ccccc31)C(C#N)(C#N)CC([N+](=O)[O-])C21C(=O)N(Cc2ccccc2)c2ccccc21. The number of hydrogen-bond acceptors (Lipinski definition) is 6. The van der Waals surface area contributed by atoms with Gasteiger partial charge in [0.2, 0.25) is 17.9 Å². The highest BCUT2D eigenvalue weighted by molar-refractivity contribution is 6.20. The van der Waals surface area contributed by atoms with Gasteiger partial charge in [-0.15, -0.1) is 6.58 Å². The minimum Gasteiger partial charge on any atom is -0.307 e. The second-order valence-electron chi connectivity index (χ2n) is 10.3. The molecule has 2 aliphatic heterocycles. The van der Waals surface area contributed by atoms with E-state index in [1.807, 2.05) is 42.5 Å². The van der Waals surface area contributed by atoms with E-state index in [-0.39, 0.29) is 24.2 Å². The Morgan fingerprint density at radius 3 is 2.08 bits per heavy atom. The number of rotatable bonds is 5. The average molecular weight is 530 g/mol. The Balaban J connectivity index is 1.76. The lowest BCUT2D eigenvalue weighted by Gasteiger charge is -2.42. The zero-order valence-electron chi connectivity index (χ0n) is 21.4. The number of nitriles is 2. The molecule has 40 heavy (non-hydrogen) atoms. The summed E-state index contributed by atoms with van der Waals surface area (Å²) >= 11 is 0. The van der Waals surface area contributed by atoms with E-state index in [0.717, 1.165) is 5.56 Å². The monoisotopic (exact) mass is 529 g/mol. The lowest BCUT2D eigenvalue weighted by molar-refractivity contribution is -0.529. The number of nitro groups is 1. The molecule has 3 atom stereocenters. The number of anilines is 2. The van der Waals surface area contributed by atoms with E-state index in [1.54, 1.807) is 48.5 Å². The molecule has 2 spiro atoms. The van der Waals surface area contributed by atoms with E-state index < -0.39 is 45.4 Å². The van der Waals surface area contributed by atoms with Gasteiger partial charge in [0, 0.05) is 22.8 Å². The number of para-hydroxylation sites is 2. The van der Waals surface area contributed by atoms with Crippen molar-refractivity contribution in [1.29, 1.82) is 10.5 Å². The predicted molar refractivity (Wildman–Crippen MR) is 145 cm³/mol. The molecule has 6 rings (SSSR count). The molecule has 0 aromatic heterocycles. The Labute approximate surface area is 230 Å². The first kappa shape index (κ1) is 25.0. The van der Waals surface area contributed by atoms with E-state index in [9.17, 15) is 25.4 Å². The van der Waals surface area contributed by atoms with Crippen molar-refractivity contribution in [3.63, 3.8) is 0 Å². The molecule has 0 radical (unpaired) electrons. The maximum Gasteiger partial charge on any atom is 0.246 e. The molecule has 1 aliphatic carbocycles. The van der Waals surface area contributed by atoms with Crippen LogP contribution in [0, 0.1) is 38.2 Å². The summed E-state index contributed by atoms with van der Waals surface area (Å²) in [7, 11) is 0. The second-order valence-corrected chi connectivity index (χ2v) is 10.3. The quantitative estimate of drug-likeness (QED) is 0.279. The van der Waals surface area contributed by atoms with Crippen molar-refractivity contribution in [2.24, 2.45) is 5.41 Å². The summed E-state index contributed by atoms with van der Waals surface area (Å²) in [5, 5.41) is 34.3. The Morgan fingerprint density at radius 1 is 0.900 bits per heavy atom. The third-order valence-corrected chi connectivity index (χ3v) is 8.73. The topological polar surface area (TPSA) is 131 Å². The highest BCUT2D eigenvalue weighted by atomic mass is 16.6. The molecule has 3 aromatic carbocycles. The summed E-state index contributed by atoms with van der Waals surface area (Å²) in [6.07, 6.45) is 0.918. The van der Waals surface area contributed by atoms with Crippen LogP contribution in [0.2, 0.25) is 0 Å². The lowest BCUT2D eigenvalue weighted by Crippen LogP contribution is -2.65. The summed E-state index contributed by atoms with van der Waals surface area (Å²) in [6.45, 7) is 3.89. The summed E-state index contributed by atoms with van der Waals surface area (Å²) in [6, 6.07) is 24.9. The summed E-state index contributed by atoms with van der Waals surface area (Å²) in [5.74, 6) is -1.36. The van der Waals surface area contributed by atoms with Crippen molar-refractivity contribution in [3.8, 4) is 12.1 Å². The minimum absolute atomic E-state index is 0.0350. The van der Waals surface area contributed by atoms with Gasteiger partial charge in [0.25, 0.3) is 0 Å². The number of fused-ring (bicyclic) bond motifs is 5. The highest BCUT2D eigenvalue weighted by Gasteiger charge is 2.88. The molecule has 3 aromatic rings. The molecule has 3 unspecified atom stereocenters. The van der Waals surface area contributed by atoms with Crippen molar-refractivity contribution in [3.05, 3.63) is 118 Å². The third-order valence-electron chi connectivity index (χ3n) is 8.73. The molecule has 9 heteroatoms. The van der Waals surface area contributed by atoms with Crippen molar-refractivity contribution >= 4 is 23.2 Å². The van der Waals surface area contributed by atoms with Gasteiger partial charge in [-0.25, -0.2) is 0 Å². The summed E-state index contributed by atoms with van der Waals surface area (Å²) in [4.78, 5) is 45.1. The zero-order chi connectivity index (χ0) is 28.3. The van der Waals surface area contributed by atoms with Crippen LogP contribution in [0.15, 0.2) is 91.5 Å². The molecule has 2 amide bonds. The molecular weight excluding hydrogens is 506 g/mol. The number of amides is 2. The third kappa shape index (κ3) is 2.69. The number of carbonyl (C=O) groups excluding carboxylic acids is 2. The van der Waals surface area contributed by atoms with Crippen molar-refractivity contribution in [2.75, 3.05) is 16.3 Å². The van der Waals surface area contributed by atoms with E-state index in [0.29, 0.717) is 11.4 Å². The molecule has 1 fully saturated rings. The number of benzene rings is 3. The molecule has 9 nitrogen and oxygen atoms in total. The Morgan fingerprint density at radius 2 is 1.48 bits per heavy atom. The van der Waals surface area contributed by atoms with Gasteiger partial charge in [-0.2, -0.15) is 10.5 Å². The number of carbonyl (C=O) groups is 2. The minimum atomic E-state index is -2.21. The standard InChI is InChI=1S/C31H23N5O4/c1-2-16-34-25-15-9-7-13-23(25)31(28(34)38)29(19-32,20-33)17-26(36(39)40)30(31)22-12-6-8-14-24(22)35(27(30)37)18-21-10-4-3-5-11-21/h2-15,26H,1,16-18H2. The van der Waals surface area contributed by atoms with Gasteiger partial charge in [-0.3, -0.25) is 19.7 Å². The van der Waals surface area contributed by atoms with Gasteiger partial charge < -0.3 is 9.80 Å². The highest BCUT2D eigenvalue weighted by Crippen LogP contribution is 2.72. The summed E-state index contributed by atoms with van der Waals surface area (Å²) in [5.41, 5.74) is -4.41. The maximum absolute atomic E-state index is 15.0. The van der Waals surface area contributed by atoms with Crippen molar-refractivity contribution < 1.29 is 14.5 Å². The molecule has 1 saturated carbocycles. The largest absolute Gasteiger partial charge is 0.307 e. The maximum atomic E-state index is 15.0. The van der Waals surface area contributed by atoms with Gasteiger partial charge in [0.1, 0.15) is 5.41 Å². The van der Waals surface area contributed by atoms with Crippen LogP contribution in [0.25, 0.3) is 0 Å². The molecule has 3 aliphatic rings. The van der Waals surface area contributed by atoms with E-state index in [1.165, 1.54) is 15.9 Å². The van der Waals surface area contributed by atoms with E-state index >= 15 is 4.79 Å². The van der Waals surface area contributed by atoms with Gasteiger partial charge >= 0.3 is 0 Å². The van der Waals surface area contributed by atoms with Crippen molar-refractivity contribution in [1.82, 2.24) is 0 Å². The van der Waals surface area contributed by atoms with Crippen LogP contribution >= 0.6 is 0 Å². The van der Waals surface area contributed by atoms with Crippen LogP contribution < -0.4 is 9.80 Å². The van der Waals surface area contributed by atoms with Gasteiger partial charge in [-0.05, 0) is 28.8 Å². The molecular formula is C31H23N5O4. The van der Waals surface area contributed by atoms with Crippen LogP contribution in [-0.2, 0) is 27.0 Å². The van der Waals surface area contributed by atoms with Gasteiger partial charge in [-0.1, -0.05) is 72.8 Å². The van der Waals surface area contributed by atoms with Crippen LogP contribution in [0.5, 0.6) is 0 Å². The van der Waals surface area contributed by atoms with Gasteiger partial charge in [0.05, 0.1) is 25.1 Å². The number of hydrogen-bond donors (Lipinski definition) is 0. The number of nitrogens with zero attached hydrogens (tertiary/aromatic N) is 5. The van der Waals surface area contributed by atoms with Crippen LogP contribution in [0.1, 0.15) is 23.1 Å². The van der Waals surface area contributed by atoms with Crippen LogP contribution in [0.4, 0.5) is 11.4 Å². The normalized spacial score (nSPS) is 25.5. The first-order chi connectivity index (χ1) is 19.4. The Hall–Kier alpha value is -5.28. The fourth-order valence-corrected chi connectivity index (χ4v) is 7.34. The smallest absolute Gasteiger partial charge is 0.246 e. The lowest BCUT2D eigenvalue weighted by atomic mass is 9.51. The van der Waals surface area contributed by atoms with Crippen LogP contribution in [-0.4, -0.2) is 29.3 Å². The Bertz CT molecular complexity index is 1680. The van der Waals surface area contributed by atoms with E-state index in [4.69, 9.17) is 0 Å². The van der Waals surface area contributed by atoms with Crippen LogP contribution in [0.3, 0.4) is 0 Å². The molecule has 0 saturated heterocycles.